The Kier molecular flexibility index (Phi) is 3.75. The highest BCUT2D eigenvalue weighted by molar-refractivity contribution is 5.78. The van der Waals surface area contributed by atoms with Crippen LogP contribution in [0.4, 0.5) is 0 Å². The summed E-state index contributed by atoms with van der Waals surface area (Å²) in [6.45, 7) is 4.34. The molecule has 0 N–H and O–H groups in total. The number of hydrogen-bond donors (Lipinski definition) is 0. The molecule has 0 saturated carbocycles. The van der Waals surface area contributed by atoms with E-state index in [9.17, 15) is 0 Å². The second-order valence-corrected chi connectivity index (χ2v) is 4.93. The quantitative estimate of drug-likeness (QED) is 0.847. The first kappa shape index (κ1) is 12.6. The van der Waals surface area contributed by atoms with E-state index in [2.05, 4.69) is 27.7 Å². The van der Waals surface area contributed by atoms with Gasteiger partial charge in [-0.3, -0.25) is 0 Å². The third-order valence-electron chi connectivity index (χ3n) is 3.51. The lowest BCUT2D eigenvalue weighted by Gasteiger charge is -2.22. The van der Waals surface area contributed by atoms with Crippen molar-refractivity contribution in [3.8, 4) is 0 Å². The minimum Gasteiger partial charge on any atom is -0.353 e. The van der Waals surface area contributed by atoms with Crippen LogP contribution in [-0.2, 0) is 16.0 Å². The van der Waals surface area contributed by atoms with Crippen LogP contribution in [0.2, 0.25) is 0 Å². The standard InChI is InChI=1S/C14H19N3O2/c1-11-9-17(14-12(11)8-15-10-16-14)5-7-19-13-4-2-3-6-18-13/h8-10,13H,2-7H2,1H3. The van der Waals surface area contributed by atoms with Gasteiger partial charge in [0.2, 0.25) is 0 Å². The first-order valence-corrected chi connectivity index (χ1v) is 6.83. The maximum atomic E-state index is 5.76. The van der Waals surface area contributed by atoms with Gasteiger partial charge in [0.25, 0.3) is 0 Å². The molecule has 1 unspecified atom stereocenters. The maximum absolute atomic E-state index is 5.76. The summed E-state index contributed by atoms with van der Waals surface area (Å²) in [5.74, 6) is 0. The minimum atomic E-state index is -0.0219. The summed E-state index contributed by atoms with van der Waals surface area (Å²) in [5, 5.41) is 1.11. The minimum absolute atomic E-state index is 0.0219. The molecule has 0 aliphatic carbocycles. The Morgan fingerprint density at radius 1 is 1.47 bits per heavy atom. The van der Waals surface area contributed by atoms with E-state index in [0.29, 0.717) is 6.61 Å². The molecule has 1 aliphatic heterocycles. The van der Waals surface area contributed by atoms with E-state index < -0.39 is 0 Å². The molecule has 19 heavy (non-hydrogen) atoms. The molecule has 1 saturated heterocycles. The highest BCUT2D eigenvalue weighted by atomic mass is 16.7. The molecule has 0 spiro atoms. The average molecular weight is 261 g/mol. The monoisotopic (exact) mass is 261 g/mol. The number of ether oxygens (including phenoxy) is 2. The van der Waals surface area contributed by atoms with Crippen LogP contribution in [0.25, 0.3) is 11.0 Å². The Hall–Kier alpha value is -1.46. The predicted octanol–water partition coefficient (Wildman–Crippen LogP) is 2.28. The summed E-state index contributed by atoms with van der Waals surface area (Å²) in [6, 6.07) is 0. The van der Waals surface area contributed by atoms with Gasteiger partial charge in [-0.15, -0.1) is 0 Å². The molecule has 3 heterocycles. The van der Waals surface area contributed by atoms with Crippen molar-refractivity contribution in [2.75, 3.05) is 13.2 Å². The molecule has 0 radical (unpaired) electrons. The summed E-state index contributed by atoms with van der Waals surface area (Å²) >= 11 is 0. The van der Waals surface area contributed by atoms with Crippen molar-refractivity contribution >= 4 is 11.0 Å². The van der Waals surface area contributed by atoms with Crippen LogP contribution in [0.3, 0.4) is 0 Å². The second-order valence-electron chi connectivity index (χ2n) is 4.93. The lowest BCUT2D eigenvalue weighted by Crippen LogP contribution is -2.23. The van der Waals surface area contributed by atoms with Crippen LogP contribution in [0.5, 0.6) is 0 Å². The fraction of sp³-hybridized carbons (Fsp3) is 0.571. The van der Waals surface area contributed by atoms with E-state index in [1.807, 2.05) is 6.20 Å². The van der Waals surface area contributed by atoms with Crippen molar-refractivity contribution in [2.24, 2.45) is 0 Å². The molecular weight excluding hydrogens is 242 g/mol. The third kappa shape index (κ3) is 2.77. The predicted molar refractivity (Wildman–Crippen MR) is 71.8 cm³/mol. The van der Waals surface area contributed by atoms with Gasteiger partial charge in [0, 0.05) is 30.9 Å². The number of nitrogens with zero attached hydrogens (tertiary/aromatic N) is 3. The van der Waals surface area contributed by atoms with Gasteiger partial charge >= 0.3 is 0 Å². The summed E-state index contributed by atoms with van der Waals surface area (Å²) in [4.78, 5) is 8.40. The van der Waals surface area contributed by atoms with E-state index >= 15 is 0 Å². The van der Waals surface area contributed by atoms with Gasteiger partial charge in [-0.2, -0.15) is 0 Å². The summed E-state index contributed by atoms with van der Waals surface area (Å²) in [5.41, 5.74) is 2.17. The Morgan fingerprint density at radius 2 is 2.42 bits per heavy atom. The fourth-order valence-electron chi connectivity index (χ4n) is 2.49. The molecule has 1 aliphatic rings. The van der Waals surface area contributed by atoms with Crippen LogP contribution in [0.15, 0.2) is 18.7 Å². The number of fused-ring (bicyclic) bond motifs is 1. The number of hydrogen-bond acceptors (Lipinski definition) is 4. The number of aryl methyl sites for hydroxylation is 1. The molecule has 0 bridgehead atoms. The SMILES string of the molecule is Cc1cn(CCOC2CCCCO2)c2ncncc12. The second kappa shape index (κ2) is 5.67. The Bertz CT molecular complexity index is 547. The zero-order chi connectivity index (χ0) is 13.1. The van der Waals surface area contributed by atoms with Gasteiger partial charge in [0.15, 0.2) is 6.29 Å². The highest BCUT2D eigenvalue weighted by Crippen LogP contribution is 2.18. The van der Waals surface area contributed by atoms with Gasteiger partial charge in [0.1, 0.15) is 12.0 Å². The molecule has 1 fully saturated rings. The molecule has 0 aromatic carbocycles. The molecule has 3 rings (SSSR count). The van der Waals surface area contributed by atoms with Crippen LogP contribution < -0.4 is 0 Å². The fourth-order valence-corrected chi connectivity index (χ4v) is 2.49. The third-order valence-corrected chi connectivity index (χ3v) is 3.51. The molecule has 1 atom stereocenters. The molecule has 2 aromatic rings. The Morgan fingerprint density at radius 3 is 3.26 bits per heavy atom. The Balaban J connectivity index is 1.62. The zero-order valence-corrected chi connectivity index (χ0v) is 11.2. The number of rotatable bonds is 4. The molecule has 5 heteroatoms. The summed E-state index contributed by atoms with van der Waals surface area (Å²) < 4.78 is 13.4. The van der Waals surface area contributed by atoms with Crippen molar-refractivity contribution in [1.82, 2.24) is 14.5 Å². The van der Waals surface area contributed by atoms with Crippen molar-refractivity contribution in [2.45, 2.75) is 39.0 Å². The first-order chi connectivity index (χ1) is 9.34. The average Bonchev–Trinajstić information content (AvgIpc) is 2.78. The van der Waals surface area contributed by atoms with E-state index in [1.165, 1.54) is 12.0 Å². The van der Waals surface area contributed by atoms with E-state index in [4.69, 9.17) is 9.47 Å². The summed E-state index contributed by atoms with van der Waals surface area (Å²) in [6.07, 6.45) is 8.88. The van der Waals surface area contributed by atoms with Gasteiger partial charge in [-0.25, -0.2) is 9.97 Å². The Labute approximate surface area is 112 Å². The van der Waals surface area contributed by atoms with Gasteiger partial charge in [-0.05, 0) is 31.7 Å². The summed E-state index contributed by atoms with van der Waals surface area (Å²) in [7, 11) is 0. The maximum Gasteiger partial charge on any atom is 0.157 e. The largest absolute Gasteiger partial charge is 0.353 e. The smallest absolute Gasteiger partial charge is 0.157 e. The van der Waals surface area contributed by atoms with Crippen molar-refractivity contribution in [1.29, 1.82) is 0 Å². The first-order valence-electron chi connectivity index (χ1n) is 6.83. The van der Waals surface area contributed by atoms with Crippen LogP contribution in [-0.4, -0.2) is 34.0 Å². The normalized spacial score (nSPS) is 19.9. The van der Waals surface area contributed by atoms with Crippen LogP contribution in [0.1, 0.15) is 24.8 Å². The lowest BCUT2D eigenvalue weighted by atomic mass is 10.2. The van der Waals surface area contributed by atoms with Crippen molar-refractivity contribution in [3.05, 3.63) is 24.3 Å². The van der Waals surface area contributed by atoms with Crippen LogP contribution in [0, 0.1) is 6.92 Å². The van der Waals surface area contributed by atoms with Gasteiger partial charge < -0.3 is 14.0 Å². The van der Waals surface area contributed by atoms with Gasteiger partial charge in [0.05, 0.1) is 6.61 Å². The lowest BCUT2D eigenvalue weighted by molar-refractivity contribution is -0.163. The van der Waals surface area contributed by atoms with Crippen molar-refractivity contribution < 1.29 is 9.47 Å². The molecule has 0 amide bonds. The molecule has 102 valence electrons. The topological polar surface area (TPSA) is 49.2 Å². The van der Waals surface area contributed by atoms with Crippen LogP contribution >= 0.6 is 0 Å². The van der Waals surface area contributed by atoms with E-state index in [-0.39, 0.29) is 6.29 Å². The molecular formula is C14H19N3O2. The van der Waals surface area contributed by atoms with E-state index in [0.717, 1.165) is 37.0 Å². The zero-order valence-electron chi connectivity index (χ0n) is 11.2. The molecule has 2 aromatic heterocycles. The van der Waals surface area contributed by atoms with Crippen molar-refractivity contribution in [3.63, 3.8) is 0 Å². The van der Waals surface area contributed by atoms with Gasteiger partial charge in [-0.1, -0.05) is 0 Å². The van der Waals surface area contributed by atoms with E-state index in [1.54, 1.807) is 6.33 Å². The molecule has 5 nitrogen and oxygen atoms in total. The highest BCUT2D eigenvalue weighted by Gasteiger charge is 2.14. The number of aromatic nitrogens is 3.